The van der Waals surface area contributed by atoms with E-state index in [9.17, 15) is 0 Å². The molecule has 15 heavy (non-hydrogen) atoms. The molecular weight excluding hydrogens is 188 g/mol. The second-order valence-electron chi connectivity index (χ2n) is 4.87. The molecule has 0 unspecified atom stereocenters. The molecule has 1 aliphatic carbocycles. The van der Waals surface area contributed by atoms with Crippen molar-refractivity contribution in [2.45, 2.75) is 70.8 Å². The van der Waals surface area contributed by atoms with Gasteiger partial charge in [0.2, 0.25) is 0 Å². The smallest absolute Gasteiger partial charge is 0.144 e. The van der Waals surface area contributed by atoms with Crippen LogP contribution in [0.25, 0.3) is 0 Å². The molecule has 2 nitrogen and oxygen atoms in total. The van der Waals surface area contributed by atoms with Gasteiger partial charge in [-0.25, -0.2) is 0 Å². The molecule has 1 aliphatic rings. The predicted octanol–water partition coefficient (Wildman–Crippen LogP) is 3.48. The lowest BCUT2D eigenvalue weighted by Gasteiger charge is -2.36. The van der Waals surface area contributed by atoms with Crippen LogP contribution in [0.4, 0.5) is 0 Å². The molecular formula is C13H26O2. The van der Waals surface area contributed by atoms with Crippen LogP contribution < -0.4 is 0 Å². The molecule has 0 amide bonds. The normalized spacial score (nSPS) is 19.4. The zero-order valence-electron chi connectivity index (χ0n) is 10.3. The fourth-order valence-electron chi connectivity index (χ4n) is 2.86. The van der Waals surface area contributed by atoms with Gasteiger partial charge in [0, 0.05) is 0 Å². The molecule has 0 aromatic rings. The molecule has 0 radical (unpaired) electrons. The Morgan fingerprint density at radius 1 is 1.13 bits per heavy atom. The molecule has 90 valence electrons. The van der Waals surface area contributed by atoms with E-state index in [0.29, 0.717) is 0 Å². The minimum absolute atomic E-state index is 0.0588. The van der Waals surface area contributed by atoms with Gasteiger partial charge in [0.15, 0.2) is 0 Å². The van der Waals surface area contributed by atoms with Crippen LogP contribution in [0.5, 0.6) is 0 Å². The largest absolute Gasteiger partial charge is 0.371 e. The lowest BCUT2D eigenvalue weighted by molar-refractivity contribution is -0.132. The SMILES string of the molecule is CCC(CC)(CC1CCCCC1)OCO. The molecule has 0 heterocycles. The molecule has 0 aromatic heterocycles. The van der Waals surface area contributed by atoms with Crippen LogP contribution in [0.1, 0.15) is 65.2 Å². The summed E-state index contributed by atoms with van der Waals surface area (Å²) in [6.45, 7) is 4.21. The summed E-state index contributed by atoms with van der Waals surface area (Å²) in [6.07, 6.45) is 10.1. The third-order valence-electron chi connectivity index (χ3n) is 4.04. The number of ether oxygens (including phenoxy) is 1. The van der Waals surface area contributed by atoms with Crippen molar-refractivity contribution in [2.24, 2.45) is 5.92 Å². The van der Waals surface area contributed by atoms with Gasteiger partial charge < -0.3 is 9.84 Å². The Balaban J connectivity index is 2.47. The van der Waals surface area contributed by atoms with Crippen molar-refractivity contribution < 1.29 is 9.84 Å². The minimum atomic E-state index is -0.131. The standard InChI is InChI=1S/C13H26O2/c1-3-13(4-2,15-11-14)10-12-8-6-5-7-9-12/h12,14H,3-11H2,1-2H3. The van der Waals surface area contributed by atoms with Crippen molar-refractivity contribution in [3.8, 4) is 0 Å². The number of aliphatic hydroxyl groups is 1. The maximum absolute atomic E-state index is 8.97. The molecule has 0 saturated heterocycles. The molecule has 0 bridgehead atoms. The van der Waals surface area contributed by atoms with Gasteiger partial charge in [-0.05, 0) is 25.2 Å². The minimum Gasteiger partial charge on any atom is -0.371 e. The average Bonchev–Trinajstić information content (AvgIpc) is 2.30. The summed E-state index contributed by atoms with van der Waals surface area (Å²) in [6, 6.07) is 0. The maximum Gasteiger partial charge on any atom is 0.144 e. The Morgan fingerprint density at radius 2 is 1.73 bits per heavy atom. The van der Waals surface area contributed by atoms with Crippen LogP contribution >= 0.6 is 0 Å². The lowest BCUT2D eigenvalue weighted by Crippen LogP contribution is -2.34. The first-order chi connectivity index (χ1) is 7.26. The summed E-state index contributed by atoms with van der Waals surface area (Å²) >= 11 is 0. The summed E-state index contributed by atoms with van der Waals surface area (Å²) in [5.41, 5.74) is -0.0588. The summed E-state index contributed by atoms with van der Waals surface area (Å²) in [5, 5.41) is 8.97. The van der Waals surface area contributed by atoms with E-state index in [2.05, 4.69) is 13.8 Å². The van der Waals surface area contributed by atoms with E-state index in [1.54, 1.807) is 0 Å². The number of rotatable bonds is 6. The van der Waals surface area contributed by atoms with Crippen LogP contribution in [0.15, 0.2) is 0 Å². The predicted molar refractivity (Wildman–Crippen MR) is 62.7 cm³/mol. The zero-order valence-corrected chi connectivity index (χ0v) is 10.3. The van der Waals surface area contributed by atoms with E-state index in [0.717, 1.165) is 25.2 Å². The maximum atomic E-state index is 8.97. The van der Waals surface area contributed by atoms with Gasteiger partial charge in [-0.15, -0.1) is 0 Å². The first kappa shape index (κ1) is 13.0. The van der Waals surface area contributed by atoms with E-state index >= 15 is 0 Å². The van der Waals surface area contributed by atoms with Crippen molar-refractivity contribution in [1.82, 2.24) is 0 Å². The van der Waals surface area contributed by atoms with E-state index in [1.165, 1.54) is 32.1 Å². The van der Waals surface area contributed by atoms with Crippen LogP contribution in [-0.2, 0) is 4.74 Å². The molecule has 0 aliphatic heterocycles. The molecule has 0 aromatic carbocycles. The second-order valence-corrected chi connectivity index (χ2v) is 4.87. The Hall–Kier alpha value is -0.0800. The van der Waals surface area contributed by atoms with Crippen LogP contribution in [0.3, 0.4) is 0 Å². The van der Waals surface area contributed by atoms with Gasteiger partial charge >= 0.3 is 0 Å². The molecule has 1 N–H and O–H groups in total. The van der Waals surface area contributed by atoms with Crippen molar-refractivity contribution >= 4 is 0 Å². The Bertz CT molecular complexity index is 158. The van der Waals surface area contributed by atoms with Gasteiger partial charge in [0.05, 0.1) is 5.60 Å². The second kappa shape index (κ2) is 6.49. The Labute approximate surface area is 94.0 Å². The molecule has 0 spiro atoms. The summed E-state index contributed by atoms with van der Waals surface area (Å²) in [4.78, 5) is 0. The van der Waals surface area contributed by atoms with E-state index in [1.807, 2.05) is 0 Å². The third kappa shape index (κ3) is 3.76. The van der Waals surface area contributed by atoms with Crippen LogP contribution in [0, 0.1) is 5.92 Å². The van der Waals surface area contributed by atoms with E-state index in [-0.39, 0.29) is 12.4 Å². The van der Waals surface area contributed by atoms with Crippen LogP contribution in [-0.4, -0.2) is 17.5 Å². The van der Waals surface area contributed by atoms with E-state index in [4.69, 9.17) is 9.84 Å². The van der Waals surface area contributed by atoms with Crippen molar-refractivity contribution in [3.63, 3.8) is 0 Å². The first-order valence-corrected chi connectivity index (χ1v) is 6.51. The highest BCUT2D eigenvalue weighted by atomic mass is 16.6. The molecule has 1 saturated carbocycles. The number of hydrogen-bond acceptors (Lipinski definition) is 2. The Morgan fingerprint density at radius 3 is 2.20 bits per heavy atom. The van der Waals surface area contributed by atoms with Gasteiger partial charge in [0.1, 0.15) is 6.79 Å². The zero-order chi connectivity index (χ0) is 11.1. The fraction of sp³-hybridized carbons (Fsp3) is 1.00. The average molecular weight is 214 g/mol. The monoisotopic (exact) mass is 214 g/mol. The molecule has 0 atom stereocenters. The lowest BCUT2D eigenvalue weighted by atomic mass is 9.79. The summed E-state index contributed by atoms with van der Waals surface area (Å²) in [7, 11) is 0. The third-order valence-corrected chi connectivity index (χ3v) is 4.04. The number of hydrogen-bond donors (Lipinski definition) is 1. The van der Waals surface area contributed by atoms with Crippen molar-refractivity contribution in [1.29, 1.82) is 0 Å². The summed E-state index contributed by atoms with van der Waals surface area (Å²) in [5.74, 6) is 0.824. The van der Waals surface area contributed by atoms with Gasteiger partial charge in [0.25, 0.3) is 0 Å². The van der Waals surface area contributed by atoms with Crippen molar-refractivity contribution in [2.75, 3.05) is 6.79 Å². The van der Waals surface area contributed by atoms with Gasteiger partial charge in [-0.2, -0.15) is 0 Å². The van der Waals surface area contributed by atoms with Gasteiger partial charge in [-0.1, -0.05) is 46.0 Å². The van der Waals surface area contributed by atoms with E-state index < -0.39 is 0 Å². The highest BCUT2D eigenvalue weighted by Gasteiger charge is 2.30. The van der Waals surface area contributed by atoms with Gasteiger partial charge in [-0.3, -0.25) is 0 Å². The molecule has 1 fully saturated rings. The van der Waals surface area contributed by atoms with Crippen molar-refractivity contribution in [3.05, 3.63) is 0 Å². The quantitative estimate of drug-likeness (QED) is 0.686. The highest BCUT2D eigenvalue weighted by Crippen LogP contribution is 2.35. The first-order valence-electron chi connectivity index (χ1n) is 6.51. The Kier molecular flexibility index (Phi) is 5.62. The molecule has 2 heteroatoms. The highest BCUT2D eigenvalue weighted by molar-refractivity contribution is 4.82. The van der Waals surface area contributed by atoms with Crippen LogP contribution in [0.2, 0.25) is 0 Å². The summed E-state index contributed by atoms with van der Waals surface area (Å²) < 4.78 is 5.59. The number of aliphatic hydroxyl groups excluding tert-OH is 1. The topological polar surface area (TPSA) is 29.5 Å². The fourth-order valence-corrected chi connectivity index (χ4v) is 2.86. The molecule has 1 rings (SSSR count).